The summed E-state index contributed by atoms with van der Waals surface area (Å²) in [5.41, 5.74) is 2.06. The lowest BCUT2D eigenvalue weighted by Crippen LogP contribution is -2.20. The zero-order valence-corrected chi connectivity index (χ0v) is 21.2. The van der Waals surface area contributed by atoms with Crippen molar-refractivity contribution in [3.05, 3.63) is 32.6 Å². The van der Waals surface area contributed by atoms with E-state index in [2.05, 4.69) is 9.84 Å². The standard InChI is InChI=1S/C24H27F3N2O4S2/c1-3-32-23(31)22-16-7-12(4-5-19(16)35-20(22)11-18(30)15-10-17(15)25)6-14(34)8-13-9-21(28-29(13)2)33-24(26)27/h9,12,15,17,24H,3-8,10-11H2,1-2H3/t12-,15+,17+/m1/s1. The van der Waals surface area contributed by atoms with Crippen molar-refractivity contribution in [3.8, 4) is 5.88 Å². The maximum Gasteiger partial charge on any atom is 0.388 e. The molecule has 35 heavy (non-hydrogen) atoms. The van der Waals surface area contributed by atoms with Gasteiger partial charge >= 0.3 is 12.6 Å². The van der Waals surface area contributed by atoms with Gasteiger partial charge in [0.2, 0.25) is 5.88 Å². The Morgan fingerprint density at radius 3 is 2.74 bits per heavy atom. The molecule has 0 saturated heterocycles. The minimum absolute atomic E-state index is 0.0590. The van der Waals surface area contributed by atoms with Gasteiger partial charge in [0.25, 0.3) is 0 Å². The molecule has 1 saturated carbocycles. The van der Waals surface area contributed by atoms with Gasteiger partial charge in [0.05, 0.1) is 18.1 Å². The quantitative estimate of drug-likeness (QED) is 0.307. The van der Waals surface area contributed by atoms with Crippen LogP contribution in [0.15, 0.2) is 6.07 Å². The summed E-state index contributed by atoms with van der Waals surface area (Å²) in [7, 11) is 1.65. The van der Waals surface area contributed by atoms with Crippen LogP contribution in [0.3, 0.4) is 0 Å². The maximum atomic E-state index is 13.4. The molecule has 6 nitrogen and oxygen atoms in total. The molecule has 2 heterocycles. The monoisotopic (exact) mass is 528 g/mol. The second-order valence-electron chi connectivity index (χ2n) is 9.03. The van der Waals surface area contributed by atoms with Gasteiger partial charge in [-0.2, -0.15) is 8.78 Å². The second-order valence-corrected chi connectivity index (χ2v) is 10.8. The van der Waals surface area contributed by atoms with E-state index in [0.29, 0.717) is 35.4 Å². The molecule has 190 valence electrons. The third-order valence-electron chi connectivity index (χ3n) is 6.44. The van der Waals surface area contributed by atoms with Gasteiger partial charge in [0.15, 0.2) is 0 Å². The molecule has 0 aromatic carbocycles. The molecule has 2 aromatic rings. The van der Waals surface area contributed by atoms with Crippen molar-refractivity contribution in [1.82, 2.24) is 9.78 Å². The number of carbonyl (C=O) groups excluding carboxylic acids is 2. The first-order valence-electron chi connectivity index (χ1n) is 11.6. The number of halogens is 3. The highest BCUT2D eigenvalue weighted by atomic mass is 32.1. The highest BCUT2D eigenvalue weighted by molar-refractivity contribution is 7.80. The third-order valence-corrected chi connectivity index (χ3v) is 8.04. The first-order valence-corrected chi connectivity index (χ1v) is 12.8. The molecule has 0 bridgehead atoms. The molecule has 1 fully saturated rings. The van der Waals surface area contributed by atoms with E-state index in [0.717, 1.165) is 28.1 Å². The molecule has 3 atom stereocenters. The third kappa shape index (κ3) is 6.11. The number of Topliss-reactive ketones (excluding diaryl/α,β-unsaturated/α-hetero) is 1. The number of ketones is 1. The van der Waals surface area contributed by atoms with Crippen LogP contribution >= 0.6 is 23.6 Å². The van der Waals surface area contributed by atoms with Crippen LogP contribution in [0.4, 0.5) is 13.2 Å². The van der Waals surface area contributed by atoms with E-state index in [-0.39, 0.29) is 37.0 Å². The Labute approximate surface area is 210 Å². The smallest absolute Gasteiger partial charge is 0.388 e. The number of carbonyl (C=O) groups is 2. The van der Waals surface area contributed by atoms with E-state index in [1.165, 1.54) is 22.1 Å². The number of nitrogens with zero attached hydrogens (tertiary/aromatic N) is 2. The summed E-state index contributed by atoms with van der Waals surface area (Å²) in [5.74, 6) is -1.10. The summed E-state index contributed by atoms with van der Waals surface area (Å²) in [6.07, 6.45) is 2.57. The molecular formula is C24H27F3N2O4S2. The lowest BCUT2D eigenvalue weighted by Gasteiger charge is -2.23. The first-order chi connectivity index (χ1) is 16.7. The molecule has 11 heteroatoms. The Morgan fingerprint density at radius 1 is 1.34 bits per heavy atom. The molecule has 2 aliphatic carbocycles. The van der Waals surface area contributed by atoms with Gasteiger partial charge in [-0.15, -0.1) is 16.4 Å². The van der Waals surface area contributed by atoms with Gasteiger partial charge in [-0.1, -0.05) is 12.2 Å². The van der Waals surface area contributed by atoms with Crippen LogP contribution < -0.4 is 4.74 Å². The van der Waals surface area contributed by atoms with Crippen LogP contribution in [0.1, 0.15) is 57.6 Å². The van der Waals surface area contributed by atoms with E-state index in [4.69, 9.17) is 17.0 Å². The second kappa shape index (κ2) is 10.8. The number of rotatable bonds is 11. The van der Waals surface area contributed by atoms with Crippen LogP contribution in [0.25, 0.3) is 0 Å². The summed E-state index contributed by atoms with van der Waals surface area (Å²) in [6, 6.07) is 1.46. The summed E-state index contributed by atoms with van der Waals surface area (Å²) < 4.78 is 49.4. The zero-order valence-electron chi connectivity index (χ0n) is 19.5. The number of hydrogen-bond acceptors (Lipinski definition) is 7. The number of alkyl halides is 3. The summed E-state index contributed by atoms with van der Waals surface area (Å²) in [6.45, 7) is -0.985. The van der Waals surface area contributed by atoms with E-state index in [1.807, 2.05) is 0 Å². The van der Waals surface area contributed by atoms with Crippen molar-refractivity contribution in [2.24, 2.45) is 18.9 Å². The molecule has 2 aromatic heterocycles. The fourth-order valence-electron chi connectivity index (χ4n) is 4.63. The minimum atomic E-state index is -2.94. The number of thiocarbonyl (C=S) groups is 1. The summed E-state index contributed by atoms with van der Waals surface area (Å²) >= 11 is 7.07. The van der Waals surface area contributed by atoms with E-state index in [1.54, 1.807) is 14.0 Å². The van der Waals surface area contributed by atoms with Crippen molar-refractivity contribution < 1.29 is 32.2 Å². The lowest BCUT2D eigenvalue weighted by molar-refractivity contribution is -0.119. The van der Waals surface area contributed by atoms with Gasteiger partial charge in [-0.3, -0.25) is 9.48 Å². The largest absolute Gasteiger partial charge is 0.462 e. The molecule has 0 amide bonds. The van der Waals surface area contributed by atoms with Crippen molar-refractivity contribution in [2.45, 2.75) is 64.7 Å². The van der Waals surface area contributed by atoms with E-state index < -0.39 is 24.7 Å². The predicted molar refractivity (Wildman–Crippen MR) is 128 cm³/mol. The fourth-order valence-corrected chi connectivity index (χ4v) is 6.36. The molecule has 4 rings (SSSR count). The normalized spacial score (nSPS) is 21.0. The van der Waals surface area contributed by atoms with Crippen LogP contribution in [0.2, 0.25) is 0 Å². The zero-order chi connectivity index (χ0) is 25.3. The fraction of sp³-hybridized carbons (Fsp3) is 0.583. The number of aromatic nitrogens is 2. The first kappa shape index (κ1) is 25.8. The number of aryl methyl sites for hydroxylation is 2. The number of fused-ring (bicyclic) bond motifs is 1. The maximum absolute atomic E-state index is 13.4. The van der Waals surface area contributed by atoms with Gasteiger partial charge < -0.3 is 9.47 Å². The Kier molecular flexibility index (Phi) is 7.95. The number of ether oxygens (including phenoxy) is 2. The Morgan fingerprint density at radius 2 is 2.09 bits per heavy atom. The van der Waals surface area contributed by atoms with Crippen molar-refractivity contribution >= 4 is 40.2 Å². The number of hydrogen-bond donors (Lipinski definition) is 0. The van der Waals surface area contributed by atoms with Crippen LogP contribution in [0, 0.1) is 11.8 Å². The lowest BCUT2D eigenvalue weighted by atomic mass is 9.83. The van der Waals surface area contributed by atoms with Crippen molar-refractivity contribution in [2.75, 3.05) is 6.61 Å². The number of thiophene rings is 1. The van der Waals surface area contributed by atoms with E-state index in [9.17, 15) is 22.8 Å². The van der Waals surface area contributed by atoms with Crippen molar-refractivity contribution in [1.29, 1.82) is 0 Å². The van der Waals surface area contributed by atoms with Crippen molar-refractivity contribution in [3.63, 3.8) is 0 Å². The van der Waals surface area contributed by atoms with Gasteiger partial charge in [0.1, 0.15) is 12.0 Å². The van der Waals surface area contributed by atoms with Crippen LogP contribution in [0.5, 0.6) is 5.88 Å². The van der Waals surface area contributed by atoms with Gasteiger partial charge in [-0.25, -0.2) is 9.18 Å². The summed E-state index contributed by atoms with van der Waals surface area (Å²) in [5, 5.41) is 3.93. The molecule has 0 spiro atoms. The van der Waals surface area contributed by atoms with Gasteiger partial charge in [0, 0.05) is 41.4 Å². The van der Waals surface area contributed by atoms with Gasteiger partial charge in [-0.05, 0) is 55.4 Å². The highest BCUT2D eigenvalue weighted by Crippen LogP contribution is 2.41. The SMILES string of the molecule is CCOC(=O)c1c(CC(=O)[C@H]2C[C@@H]2F)sc2c1C[C@@H](CC(=S)Cc1cc(OC(F)F)nn1C)CC2. The molecular weight excluding hydrogens is 501 g/mol. The molecule has 0 unspecified atom stereocenters. The Hall–Kier alpha value is -2.27. The van der Waals surface area contributed by atoms with Crippen LogP contribution in [-0.4, -0.2) is 45.8 Å². The predicted octanol–water partition coefficient (Wildman–Crippen LogP) is 4.84. The molecule has 0 radical (unpaired) electrons. The van der Waals surface area contributed by atoms with E-state index >= 15 is 0 Å². The average Bonchev–Trinajstić information content (AvgIpc) is 3.27. The molecule has 2 aliphatic rings. The molecule has 0 N–H and O–H groups in total. The minimum Gasteiger partial charge on any atom is -0.462 e. The topological polar surface area (TPSA) is 70.4 Å². The highest BCUT2D eigenvalue weighted by Gasteiger charge is 2.44. The van der Waals surface area contributed by atoms with Crippen LogP contribution in [-0.2, 0) is 42.3 Å². The molecule has 0 aliphatic heterocycles. The Bertz CT molecular complexity index is 1130. The Balaban J connectivity index is 1.45. The average molecular weight is 529 g/mol. The summed E-state index contributed by atoms with van der Waals surface area (Å²) in [4.78, 5) is 27.8. The number of esters is 1.